The summed E-state index contributed by atoms with van der Waals surface area (Å²) >= 11 is 5.62. The van der Waals surface area contributed by atoms with Gasteiger partial charge in [-0.1, -0.05) is 17.7 Å². The van der Waals surface area contributed by atoms with Gasteiger partial charge in [0.2, 0.25) is 0 Å². The molecule has 1 aromatic carbocycles. The summed E-state index contributed by atoms with van der Waals surface area (Å²) in [4.78, 5) is 4.29. The lowest BCUT2D eigenvalue weighted by molar-refractivity contribution is 0.300. The number of aromatic nitrogens is 1. The van der Waals surface area contributed by atoms with E-state index >= 15 is 0 Å². The zero-order valence-corrected chi connectivity index (χ0v) is 11.2. The van der Waals surface area contributed by atoms with Crippen LogP contribution in [0.15, 0.2) is 30.3 Å². The minimum absolute atomic E-state index is 0.100. The fourth-order valence-corrected chi connectivity index (χ4v) is 1.78. The Labute approximate surface area is 116 Å². The molecule has 0 atom stereocenters. The van der Waals surface area contributed by atoms with Gasteiger partial charge in [0, 0.05) is 12.2 Å². The molecule has 5 heteroatoms. The quantitative estimate of drug-likeness (QED) is 0.935. The molecule has 2 N–H and O–H groups in total. The number of benzene rings is 1. The second kappa shape index (κ2) is 5.99. The van der Waals surface area contributed by atoms with Crippen molar-refractivity contribution in [2.75, 3.05) is 0 Å². The van der Waals surface area contributed by atoms with Gasteiger partial charge in [-0.05, 0) is 36.8 Å². The van der Waals surface area contributed by atoms with E-state index in [1.54, 1.807) is 6.07 Å². The average molecular weight is 281 g/mol. The molecule has 0 saturated heterocycles. The number of nitrogens with zero attached hydrogens (tertiary/aromatic N) is 1. The molecule has 0 saturated carbocycles. The second-order valence-corrected chi connectivity index (χ2v) is 4.55. The van der Waals surface area contributed by atoms with Crippen molar-refractivity contribution in [2.24, 2.45) is 5.73 Å². The van der Waals surface area contributed by atoms with E-state index in [9.17, 15) is 4.39 Å². The van der Waals surface area contributed by atoms with Gasteiger partial charge in [-0.2, -0.15) is 0 Å². The van der Waals surface area contributed by atoms with Gasteiger partial charge in [0.1, 0.15) is 18.2 Å². The Bertz CT molecular complexity index is 590. The van der Waals surface area contributed by atoms with Crippen LogP contribution < -0.4 is 10.5 Å². The highest BCUT2D eigenvalue weighted by Crippen LogP contribution is 2.20. The number of hydrogen-bond donors (Lipinski definition) is 1. The minimum Gasteiger partial charge on any atom is -0.487 e. The van der Waals surface area contributed by atoms with Crippen LogP contribution in [0.3, 0.4) is 0 Å². The van der Waals surface area contributed by atoms with Crippen molar-refractivity contribution in [2.45, 2.75) is 20.1 Å². The molecule has 0 fully saturated rings. The standard InChI is InChI=1S/C14H14ClFN2O/c1-9-2-5-14(13(7-17)18-9)19-8-10-3-4-11(15)12(16)6-10/h2-6H,7-8,17H2,1H3. The highest BCUT2D eigenvalue weighted by Gasteiger charge is 2.06. The predicted octanol–water partition coefficient (Wildman–Crippen LogP) is 3.22. The van der Waals surface area contributed by atoms with E-state index < -0.39 is 5.82 Å². The van der Waals surface area contributed by atoms with E-state index in [0.29, 0.717) is 23.6 Å². The van der Waals surface area contributed by atoms with Crippen molar-refractivity contribution in [3.8, 4) is 5.75 Å². The molecule has 0 amide bonds. The van der Waals surface area contributed by atoms with E-state index in [1.807, 2.05) is 19.1 Å². The first-order chi connectivity index (χ1) is 9.10. The summed E-state index contributed by atoms with van der Waals surface area (Å²) in [6.07, 6.45) is 0. The Morgan fingerprint density at radius 2 is 2.11 bits per heavy atom. The summed E-state index contributed by atoms with van der Waals surface area (Å²) in [5.41, 5.74) is 7.88. The number of hydrogen-bond acceptors (Lipinski definition) is 3. The summed E-state index contributed by atoms with van der Waals surface area (Å²) in [6.45, 7) is 2.43. The van der Waals surface area contributed by atoms with Crippen LogP contribution in [0, 0.1) is 12.7 Å². The topological polar surface area (TPSA) is 48.1 Å². The van der Waals surface area contributed by atoms with Gasteiger partial charge < -0.3 is 10.5 Å². The smallest absolute Gasteiger partial charge is 0.142 e. The molecule has 0 aliphatic rings. The molecule has 2 rings (SSSR count). The van der Waals surface area contributed by atoms with Crippen LogP contribution in [0.1, 0.15) is 17.0 Å². The molecule has 0 aliphatic heterocycles. The Kier molecular flexibility index (Phi) is 4.35. The van der Waals surface area contributed by atoms with E-state index in [0.717, 1.165) is 5.69 Å². The van der Waals surface area contributed by atoms with E-state index in [1.165, 1.54) is 12.1 Å². The molecular formula is C14H14ClFN2O. The fraction of sp³-hybridized carbons (Fsp3) is 0.214. The molecule has 1 aromatic heterocycles. The molecule has 19 heavy (non-hydrogen) atoms. The molecule has 2 aromatic rings. The molecule has 3 nitrogen and oxygen atoms in total. The summed E-state index contributed by atoms with van der Waals surface area (Å²) < 4.78 is 18.9. The molecule has 100 valence electrons. The van der Waals surface area contributed by atoms with Crippen molar-refractivity contribution < 1.29 is 9.13 Å². The third-order valence-corrected chi connectivity index (χ3v) is 2.95. The molecule has 1 heterocycles. The van der Waals surface area contributed by atoms with Crippen molar-refractivity contribution in [1.29, 1.82) is 0 Å². The molecular weight excluding hydrogens is 267 g/mol. The maximum atomic E-state index is 13.3. The molecule has 0 spiro atoms. The average Bonchev–Trinajstić information content (AvgIpc) is 2.41. The SMILES string of the molecule is Cc1ccc(OCc2ccc(Cl)c(F)c2)c(CN)n1. The third kappa shape index (κ3) is 3.43. The van der Waals surface area contributed by atoms with Crippen LogP contribution in [0.2, 0.25) is 5.02 Å². The van der Waals surface area contributed by atoms with Crippen LogP contribution in [-0.4, -0.2) is 4.98 Å². The Morgan fingerprint density at radius 1 is 1.32 bits per heavy atom. The highest BCUT2D eigenvalue weighted by molar-refractivity contribution is 6.30. The molecule has 0 bridgehead atoms. The van der Waals surface area contributed by atoms with Crippen LogP contribution >= 0.6 is 11.6 Å². The Balaban J connectivity index is 2.12. The van der Waals surface area contributed by atoms with Gasteiger partial charge in [-0.25, -0.2) is 4.39 Å². The summed E-state index contributed by atoms with van der Waals surface area (Å²) in [6, 6.07) is 8.24. The van der Waals surface area contributed by atoms with Gasteiger partial charge in [0.25, 0.3) is 0 Å². The van der Waals surface area contributed by atoms with Crippen molar-refractivity contribution in [3.05, 3.63) is 58.1 Å². The van der Waals surface area contributed by atoms with Crippen molar-refractivity contribution in [3.63, 3.8) is 0 Å². The van der Waals surface area contributed by atoms with Gasteiger partial charge in [-0.3, -0.25) is 4.98 Å². The summed E-state index contributed by atoms with van der Waals surface area (Å²) in [7, 11) is 0. The Hall–Kier alpha value is -1.65. The van der Waals surface area contributed by atoms with Crippen molar-refractivity contribution in [1.82, 2.24) is 4.98 Å². The van der Waals surface area contributed by atoms with Crippen LogP contribution in [0.4, 0.5) is 4.39 Å². The van der Waals surface area contributed by atoms with Gasteiger partial charge in [0.05, 0.1) is 10.7 Å². The number of ether oxygens (including phenoxy) is 1. The number of halogens is 2. The lowest BCUT2D eigenvalue weighted by Gasteiger charge is -2.10. The number of nitrogens with two attached hydrogens (primary N) is 1. The first kappa shape index (κ1) is 13.8. The predicted molar refractivity (Wildman–Crippen MR) is 72.6 cm³/mol. The molecule has 0 unspecified atom stereocenters. The number of pyridine rings is 1. The largest absolute Gasteiger partial charge is 0.487 e. The van der Waals surface area contributed by atoms with E-state index in [2.05, 4.69) is 4.98 Å². The normalized spacial score (nSPS) is 10.5. The van der Waals surface area contributed by atoms with Gasteiger partial charge in [-0.15, -0.1) is 0 Å². The zero-order chi connectivity index (χ0) is 13.8. The first-order valence-electron chi connectivity index (χ1n) is 5.83. The lowest BCUT2D eigenvalue weighted by Crippen LogP contribution is -2.06. The maximum Gasteiger partial charge on any atom is 0.142 e. The molecule has 0 radical (unpaired) electrons. The minimum atomic E-state index is -0.455. The third-order valence-electron chi connectivity index (χ3n) is 2.64. The fourth-order valence-electron chi connectivity index (χ4n) is 1.67. The van der Waals surface area contributed by atoms with Gasteiger partial charge >= 0.3 is 0 Å². The second-order valence-electron chi connectivity index (χ2n) is 4.14. The Morgan fingerprint density at radius 3 is 2.79 bits per heavy atom. The summed E-state index contributed by atoms with van der Waals surface area (Å²) in [5, 5.41) is 0.100. The van der Waals surface area contributed by atoms with Crippen LogP contribution in [0.5, 0.6) is 5.75 Å². The van der Waals surface area contributed by atoms with Crippen LogP contribution in [-0.2, 0) is 13.2 Å². The van der Waals surface area contributed by atoms with E-state index in [4.69, 9.17) is 22.1 Å². The zero-order valence-electron chi connectivity index (χ0n) is 10.5. The maximum absolute atomic E-state index is 13.3. The molecule has 0 aliphatic carbocycles. The monoisotopic (exact) mass is 280 g/mol. The highest BCUT2D eigenvalue weighted by atomic mass is 35.5. The lowest BCUT2D eigenvalue weighted by atomic mass is 10.2. The number of aryl methyl sites for hydroxylation is 1. The number of rotatable bonds is 4. The van der Waals surface area contributed by atoms with Crippen molar-refractivity contribution >= 4 is 11.6 Å². The van der Waals surface area contributed by atoms with Gasteiger partial charge in [0.15, 0.2) is 0 Å². The van der Waals surface area contributed by atoms with E-state index in [-0.39, 0.29) is 11.6 Å². The summed E-state index contributed by atoms with van der Waals surface area (Å²) in [5.74, 6) is 0.160. The first-order valence-corrected chi connectivity index (χ1v) is 6.21. The van der Waals surface area contributed by atoms with Crippen LogP contribution in [0.25, 0.3) is 0 Å².